The molecule has 128 valence electrons. The van der Waals surface area contributed by atoms with E-state index in [2.05, 4.69) is 15.5 Å². The van der Waals surface area contributed by atoms with Gasteiger partial charge in [0, 0.05) is 0 Å². The molecule has 0 aliphatic heterocycles. The summed E-state index contributed by atoms with van der Waals surface area (Å²) in [5.41, 5.74) is 10.4. The third-order valence-electron chi connectivity index (χ3n) is 2.71. The zero-order valence-electron chi connectivity index (χ0n) is 12.2. The first-order valence-electron chi connectivity index (χ1n) is 6.53. The van der Waals surface area contributed by atoms with Gasteiger partial charge < -0.3 is 36.8 Å². The molecule has 3 atom stereocenters. The Bertz CT molecular complexity index is 573. The lowest BCUT2D eigenvalue weighted by molar-refractivity contribution is -0.141. The molecule has 12 nitrogen and oxygen atoms in total. The number of aliphatic hydroxyl groups excluding tert-OH is 1. The number of nitrogens with two attached hydrogens (primary N) is 2. The third-order valence-corrected chi connectivity index (χ3v) is 2.71. The number of hydrogen-bond acceptors (Lipinski definition) is 8. The van der Waals surface area contributed by atoms with Gasteiger partial charge in [0.1, 0.15) is 6.04 Å². The van der Waals surface area contributed by atoms with Crippen LogP contribution in [0.4, 0.5) is 4.79 Å². The van der Waals surface area contributed by atoms with E-state index in [9.17, 15) is 19.5 Å². The maximum atomic E-state index is 11.8. The Labute approximate surface area is 130 Å². The topological polar surface area (TPSA) is 207 Å². The molecule has 0 fully saturated rings. The number of carbonyl (C=O) groups excluding carboxylic acids is 2. The van der Waals surface area contributed by atoms with E-state index in [0.29, 0.717) is 0 Å². The van der Waals surface area contributed by atoms with E-state index >= 15 is 0 Å². The summed E-state index contributed by atoms with van der Waals surface area (Å²) in [7, 11) is 0. The number of rotatable bonds is 8. The van der Waals surface area contributed by atoms with Gasteiger partial charge in [-0.05, 0) is 6.92 Å². The van der Waals surface area contributed by atoms with E-state index in [1.165, 1.54) is 6.92 Å². The van der Waals surface area contributed by atoms with Gasteiger partial charge >= 0.3 is 12.0 Å². The predicted octanol–water partition coefficient (Wildman–Crippen LogP) is -2.42. The molecule has 0 radical (unpaired) electrons. The van der Waals surface area contributed by atoms with Crippen molar-refractivity contribution in [3.05, 3.63) is 11.7 Å². The summed E-state index contributed by atoms with van der Waals surface area (Å²) >= 11 is 0. The van der Waals surface area contributed by atoms with Crippen molar-refractivity contribution in [2.24, 2.45) is 11.5 Å². The fourth-order valence-electron chi connectivity index (χ4n) is 1.62. The lowest BCUT2D eigenvalue weighted by Gasteiger charge is -2.19. The van der Waals surface area contributed by atoms with Gasteiger partial charge in [-0.25, -0.2) is 9.59 Å². The number of nitrogens with one attached hydrogen (secondary N) is 2. The second kappa shape index (κ2) is 8.05. The van der Waals surface area contributed by atoms with Crippen LogP contribution in [0.1, 0.15) is 31.1 Å². The van der Waals surface area contributed by atoms with Crippen LogP contribution in [-0.4, -0.2) is 50.4 Å². The largest absolute Gasteiger partial charge is 0.480 e. The molecule has 1 aromatic rings. The van der Waals surface area contributed by atoms with Crippen molar-refractivity contribution in [2.45, 2.75) is 38.1 Å². The molecule has 3 amide bonds. The van der Waals surface area contributed by atoms with Crippen molar-refractivity contribution in [1.82, 2.24) is 20.8 Å². The minimum atomic E-state index is -1.54. The smallest absolute Gasteiger partial charge is 0.328 e. The van der Waals surface area contributed by atoms with Gasteiger partial charge in [0.15, 0.2) is 11.9 Å². The van der Waals surface area contributed by atoms with E-state index in [1.807, 2.05) is 5.32 Å². The molecule has 0 saturated carbocycles. The van der Waals surface area contributed by atoms with E-state index in [1.54, 1.807) is 0 Å². The van der Waals surface area contributed by atoms with Crippen LogP contribution in [0.3, 0.4) is 0 Å². The molecular weight excluding hydrogens is 312 g/mol. The molecule has 0 bridgehead atoms. The first-order chi connectivity index (χ1) is 10.7. The van der Waals surface area contributed by atoms with Gasteiger partial charge in [-0.2, -0.15) is 4.98 Å². The van der Waals surface area contributed by atoms with Gasteiger partial charge in [-0.15, -0.1) is 0 Å². The molecule has 12 heteroatoms. The van der Waals surface area contributed by atoms with Crippen LogP contribution in [0, 0.1) is 0 Å². The molecule has 8 N–H and O–H groups in total. The van der Waals surface area contributed by atoms with Crippen LogP contribution in [0.15, 0.2) is 4.52 Å². The Balaban J connectivity index is 2.82. The number of nitrogens with zero attached hydrogens (tertiary/aromatic N) is 2. The van der Waals surface area contributed by atoms with Crippen molar-refractivity contribution in [1.29, 1.82) is 0 Å². The van der Waals surface area contributed by atoms with Crippen LogP contribution >= 0.6 is 0 Å². The van der Waals surface area contributed by atoms with Crippen molar-refractivity contribution < 1.29 is 29.1 Å². The van der Waals surface area contributed by atoms with E-state index in [0.717, 1.165) is 0 Å². The summed E-state index contributed by atoms with van der Waals surface area (Å²) in [5, 5.41) is 26.0. The van der Waals surface area contributed by atoms with Gasteiger partial charge in [0.05, 0.1) is 19.1 Å². The quantitative estimate of drug-likeness (QED) is 0.299. The minimum Gasteiger partial charge on any atom is -0.480 e. The Morgan fingerprint density at radius 3 is 2.43 bits per heavy atom. The second-order valence-electron chi connectivity index (χ2n) is 4.65. The zero-order chi connectivity index (χ0) is 17.6. The summed E-state index contributed by atoms with van der Waals surface area (Å²) in [6, 6.07) is -3.56. The minimum absolute atomic E-state index is 0.0118. The molecule has 0 saturated heterocycles. The number of aliphatic carboxylic acids is 1. The van der Waals surface area contributed by atoms with Gasteiger partial charge in [-0.1, -0.05) is 5.16 Å². The van der Waals surface area contributed by atoms with Gasteiger partial charge in [0.25, 0.3) is 0 Å². The fourth-order valence-corrected chi connectivity index (χ4v) is 1.62. The van der Waals surface area contributed by atoms with E-state index in [4.69, 9.17) is 21.1 Å². The molecule has 23 heavy (non-hydrogen) atoms. The van der Waals surface area contributed by atoms with Crippen LogP contribution < -0.4 is 22.1 Å². The number of urea groups is 1. The SMILES string of the molecule is CC(O)C(NC(=O)NC(CC(N)=O)c1nc(CN)no1)C(=O)O. The summed E-state index contributed by atoms with van der Waals surface area (Å²) in [4.78, 5) is 37.7. The molecular formula is C11H18N6O6. The number of carboxylic acids is 1. The molecule has 0 spiro atoms. The van der Waals surface area contributed by atoms with Gasteiger partial charge in [0.2, 0.25) is 11.8 Å². The number of hydrogen-bond donors (Lipinski definition) is 6. The fraction of sp³-hybridized carbons (Fsp3) is 0.545. The molecule has 1 rings (SSSR count). The lowest BCUT2D eigenvalue weighted by atomic mass is 10.2. The highest BCUT2D eigenvalue weighted by Gasteiger charge is 2.28. The Morgan fingerprint density at radius 1 is 1.35 bits per heavy atom. The third kappa shape index (κ3) is 5.52. The first-order valence-corrected chi connectivity index (χ1v) is 6.53. The van der Waals surface area contributed by atoms with Crippen molar-refractivity contribution in [3.8, 4) is 0 Å². The van der Waals surface area contributed by atoms with Crippen LogP contribution in [-0.2, 0) is 16.1 Å². The van der Waals surface area contributed by atoms with Crippen molar-refractivity contribution in [2.75, 3.05) is 0 Å². The maximum absolute atomic E-state index is 11.8. The molecule has 1 heterocycles. The lowest BCUT2D eigenvalue weighted by Crippen LogP contribution is -2.52. The zero-order valence-corrected chi connectivity index (χ0v) is 12.2. The Hall–Kier alpha value is -2.73. The number of carbonyl (C=O) groups is 3. The molecule has 0 aromatic carbocycles. The second-order valence-corrected chi connectivity index (χ2v) is 4.65. The Morgan fingerprint density at radius 2 is 2.00 bits per heavy atom. The van der Waals surface area contributed by atoms with E-state index in [-0.39, 0.29) is 24.7 Å². The van der Waals surface area contributed by atoms with Gasteiger partial charge in [-0.3, -0.25) is 4.79 Å². The van der Waals surface area contributed by atoms with Crippen LogP contribution in [0.5, 0.6) is 0 Å². The Kier molecular flexibility index (Phi) is 6.41. The molecule has 0 aliphatic rings. The summed E-state index contributed by atoms with van der Waals surface area (Å²) in [6.45, 7) is 1.19. The normalized spacial score (nSPS) is 14.6. The number of aromatic nitrogens is 2. The highest BCUT2D eigenvalue weighted by Crippen LogP contribution is 2.14. The van der Waals surface area contributed by atoms with Crippen LogP contribution in [0.2, 0.25) is 0 Å². The number of amides is 3. The number of carboxylic acid groups (broad SMARTS) is 1. The highest BCUT2D eigenvalue weighted by molar-refractivity contribution is 5.83. The van der Waals surface area contributed by atoms with Crippen molar-refractivity contribution in [3.63, 3.8) is 0 Å². The molecule has 3 unspecified atom stereocenters. The summed E-state index contributed by atoms with van der Waals surface area (Å²) in [5.74, 6) is -2.13. The first kappa shape index (κ1) is 18.3. The van der Waals surface area contributed by atoms with Crippen LogP contribution in [0.25, 0.3) is 0 Å². The average molecular weight is 330 g/mol. The van der Waals surface area contributed by atoms with E-state index < -0.39 is 36.1 Å². The number of primary amides is 1. The predicted molar refractivity (Wildman–Crippen MR) is 73.5 cm³/mol. The average Bonchev–Trinajstić information content (AvgIpc) is 2.91. The van der Waals surface area contributed by atoms with Crippen molar-refractivity contribution >= 4 is 17.9 Å². The molecule has 0 aliphatic carbocycles. The monoisotopic (exact) mass is 330 g/mol. The highest BCUT2D eigenvalue weighted by atomic mass is 16.5. The summed E-state index contributed by atoms with van der Waals surface area (Å²) in [6.07, 6.45) is -1.69. The molecule has 1 aromatic heterocycles. The summed E-state index contributed by atoms with van der Waals surface area (Å²) < 4.78 is 4.86. The standard InChI is InChI=1S/C11H18N6O6/c1-4(18)8(10(20)21)16-11(22)14-5(2-6(13)19)9-15-7(3-12)17-23-9/h4-5,8,18H,2-3,12H2,1H3,(H2,13,19)(H,20,21)(H2,14,16,22). The number of aliphatic hydroxyl groups is 1. The maximum Gasteiger partial charge on any atom is 0.328 e.